The molecule has 2 saturated carbocycles. The van der Waals surface area contributed by atoms with E-state index in [2.05, 4.69) is 10.8 Å². The van der Waals surface area contributed by atoms with Crippen LogP contribution in [0.15, 0.2) is 0 Å². The molecule has 1 N–H and O–H groups in total. The van der Waals surface area contributed by atoms with Crippen LogP contribution in [0, 0.1) is 22.2 Å². The van der Waals surface area contributed by atoms with Crippen LogP contribution in [0.2, 0.25) is 0 Å². The number of hydrogen-bond donors (Lipinski definition) is 1. The van der Waals surface area contributed by atoms with E-state index in [0.717, 1.165) is 32.1 Å². The minimum atomic E-state index is -3.16. The number of carbonyl (C=O) groups excluding carboxylic acids is 1. The SMILES string of the molecule is CS(=O)(=O)NC1CC2(CCN(C(=O)C3(C#N)CCCC3)C2)C1. The van der Waals surface area contributed by atoms with E-state index in [1.54, 1.807) is 0 Å². The molecule has 22 heavy (non-hydrogen) atoms. The zero-order chi connectivity index (χ0) is 16.0. The van der Waals surface area contributed by atoms with Crippen molar-refractivity contribution in [2.45, 2.75) is 51.0 Å². The van der Waals surface area contributed by atoms with Crippen LogP contribution in [-0.4, -0.2) is 44.6 Å². The standard InChI is InChI=1S/C15H23N3O3S/c1-22(20,21)17-12-8-14(9-12)6-7-18(11-14)13(19)15(10-16)4-2-3-5-15/h12,17H,2-9,11H2,1H3. The molecular formula is C15H23N3O3S. The third-order valence-corrected chi connectivity index (χ3v) is 6.31. The monoisotopic (exact) mass is 325 g/mol. The Hall–Kier alpha value is -1.13. The van der Waals surface area contributed by atoms with Crippen LogP contribution in [0.25, 0.3) is 0 Å². The van der Waals surface area contributed by atoms with Crippen LogP contribution in [0.3, 0.4) is 0 Å². The van der Waals surface area contributed by atoms with E-state index in [-0.39, 0.29) is 17.4 Å². The molecule has 7 heteroatoms. The van der Waals surface area contributed by atoms with Gasteiger partial charge in [-0.2, -0.15) is 5.26 Å². The van der Waals surface area contributed by atoms with Crippen molar-refractivity contribution in [2.75, 3.05) is 19.3 Å². The van der Waals surface area contributed by atoms with Crippen molar-refractivity contribution in [3.8, 4) is 6.07 Å². The normalized spacial score (nSPS) is 33.6. The number of nitriles is 1. The molecule has 122 valence electrons. The summed E-state index contributed by atoms with van der Waals surface area (Å²) in [4.78, 5) is 14.6. The van der Waals surface area contributed by atoms with E-state index in [1.807, 2.05) is 4.90 Å². The third-order valence-electron chi connectivity index (χ3n) is 5.55. The van der Waals surface area contributed by atoms with Gasteiger partial charge in [0.25, 0.3) is 0 Å². The van der Waals surface area contributed by atoms with E-state index >= 15 is 0 Å². The van der Waals surface area contributed by atoms with Crippen LogP contribution in [0.1, 0.15) is 44.9 Å². The van der Waals surface area contributed by atoms with Gasteiger partial charge in [-0.1, -0.05) is 12.8 Å². The van der Waals surface area contributed by atoms with Gasteiger partial charge in [-0.05, 0) is 37.5 Å². The topological polar surface area (TPSA) is 90.3 Å². The Balaban J connectivity index is 1.60. The fourth-order valence-corrected chi connectivity index (χ4v) is 5.24. The van der Waals surface area contributed by atoms with Crippen LogP contribution in [0.4, 0.5) is 0 Å². The number of sulfonamides is 1. The van der Waals surface area contributed by atoms with Gasteiger partial charge in [0.05, 0.1) is 12.3 Å². The summed E-state index contributed by atoms with van der Waals surface area (Å²) in [6, 6.07) is 2.28. The molecule has 0 aromatic carbocycles. The molecule has 2 aliphatic carbocycles. The molecule has 0 unspecified atom stereocenters. The predicted octanol–water partition coefficient (Wildman–Crippen LogP) is 1.00. The lowest BCUT2D eigenvalue weighted by molar-refractivity contribution is -0.138. The number of hydrogen-bond acceptors (Lipinski definition) is 4. The lowest BCUT2D eigenvalue weighted by atomic mass is 9.65. The highest BCUT2D eigenvalue weighted by Gasteiger charge is 2.53. The highest BCUT2D eigenvalue weighted by Crippen LogP contribution is 2.50. The van der Waals surface area contributed by atoms with Crippen molar-refractivity contribution in [1.29, 1.82) is 5.26 Å². The summed E-state index contributed by atoms with van der Waals surface area (Å²) in [6.07, 6.45) is 6.97. The lowest BCUT2D eigenvalue weighted by Gasteiger charge is -2.45. The van der Waals surface area contributed by atoms with Crippen LogP contribution in [-0.2, 0) is 14.8 Å². The third kappa shape index (κ3) is 2.74. The fraction of sp³-hybridized carbons (Fsp3) is 0.867. The molecule has 6 nitrogen and oxygen atoms in total. The molecule has 1 aliphatic heterocycles. The van der Waals surface area contributed by atoms with Gasteiger partial charge >= 0.3 is 0 Å². The maximum Gasteiger partial charge on any atom is 0.243 e. The van der Waals surface area contributed by atoms with Gasteiger partial charge in [-0.25, -0.2) is 13.1 Å². The molecule has 1 spiro atoms. The van der Waals surface area contributed by atoms with Crippen molar-refractivity contribution in [3.05, 3.63) is 0 Å². The number of carbonyl (C=O) groups is 1. The quantitative estimate of drug-likeness (QED) is 0.838. The molecule has 3 rings (SSSR count). The largest absolute Gasteiger partial charge is 0.341 e. The Labute approximate surface area is 131 Å². The molecule has 0 atom stereocenters. The molecule has 3 fully saturated rings. The minimum Gasteiger partial charge on any atom is -0.341 e. The number of rotatable bonds is 3. The molecule has 0 aromatic heterocycles. The highest BCUT2D eigenvalue weighted by molar-refractivity contribution is 7.88. The zero-order valence-corrected chi connectivity index (χ0v) is 13.8. The smallest absolute Gasteiger partial charge is 0.243 e. The molecular weight excluding hydrogens is 302 g/mol. The van der Waals surface area contributed by atoms with Gasteiger partial charge in [0.2, 0.25) is 15.9 Å². The van der Waals surface area contributed by atoms with Gasteiger partial charge < -0.3 is 4.90 Å². The fourth-order valence-electron chi connectivity index (χ4n) is 4.47. The maximum absolute atomic E-state index is 12.7. The van der Waals surface area contributed by atoms with Crippen molar-refractivity contribution in [2.24, 2.45) is 10.8 Å². The predicted molar refractivity (Wildman–Crippen MR) is 81.1 cm³/mol. The summed E-state index contributed by atoms with van der Waals surface area (Å²) >= 11 is 0. The summed E-state index contributed by atoms with van der Waals surface area (Å²) < 4.78 is 25.1. The van der Waals surface area contributed by atoms with Gasteiger partial charge in [-0.15, -0.1) is 0 Å². The molecule has 1 saturated heterocycles. The van der Waals surface area contributed by atoms with Crippen molar-refractivity contribution >= 4 is 15.9 Å². The van der Waals surface area contributed by atoms with Crippen molar-refractivity contribution < 1.29 is 13.2 Å². The van der Waals surface area contributed by atoms with Gasteiger partial charge in [-0.3, -0.25) is 4.79 Å². The summed E-state index contributed by atoms with van der Waals surface area (Å²) in [5, 5.41) is 9.44. The van der Waals surface area contributed by atoms with E-state index in [1.165, 1.54) is 6.26 Å². The molecule has 0 aromatic rings. The van der Waals surface area contributed by atoms with Gasteiger partial charge in [0.1, 0.15) is 5.41 Å². The summed E-state index contributed by atoms with van der Waals surface area (Å²) in [5.41, 5.74) is -0.729. The molecule has 3 aliphatic rings. The Morgan fingerprint density at radius 1 is 1.27 bits per heavy atom. The number of likely N-dealkylation sites (tertiary alicyclic amines) is 1. The average molecular weight is 325 g/mol. The molecule has 1 heterocycles. The van der Waals surface area contributed by atoms with Crippen LogP contribution < -0.4 is 4.72 Å². The number of nitrogens with zero attached hydrogens (tertiary/aromatic N) is 2. The minimum absolute atomic E-state index is 0.00135. The second-order valence-electron chi connectivity index (χ2n) is 7.37. The highest BCUT2D eigenvalue weighted by atomic mass is 32.2. The van der Waals surface area contributed by atoms with Gasteiger partial charge in [0.15, 0.2) is 0 Å². The summed E-state index contributed by atoms with van der Waals surface area (Å²) in [7, 11) is -3.16. The van der Waals surface area contributed by atoms with E-state index < -0.39 is 15.4 Å². The first-order chi connectivity index (χ1) is 10.3. The molecule has 0 bridgehead atoms. The zero-order valence-electron chi connectivity index (χ0n) is 13.0. The van der Waals surface area contributed by atoms with E-state index in [9.17, 15) is 18.5 Å². The Bertz CT molecular complexity index is 610. The van der Waals surface area contributed by atoms with Crippen LogP contribution >= 0.6 is 0 Å². The number of nitrogens with one attached hydrogen (secondary N) is 1. The first-order valence-electron chi connectivity index (χ1n) is 7.96. The van der Waals surface area contributed by atoms with Crippen molar-refractivity contribution in [1.82, 2.24) is 9.62 Å². The molecule has 1 amide bonds. The van der Waals surface area contributed by atoms with Crippen molar-refractivity contribution in [3.63, 3.8) is 0 Å². The van der Waals surface area contributed by atoms with E-state index in [0.29, 0.717) is 25.9 Å². The first-order valence-corrected chi connectivity index (χ1v) is 9.85. The Kier molecular flexibility index (Phi) is 3.73. The second kappa shape index (κ2) is 5.20. The maximum atomic E-state index is 12.7. The molecule has 0 radical (unpaired) electrons. The second-order valence-corrected chi connectivity index (χ2v) is 9.15. The lowest BCUT2D eigenvalue weighted by Crippen LogP contribution is -2.52. The summed E-state index contributed by atoms with van der Waals surface area (Å²) in [6.45, 7) is 1.38. The van der Waals surface area contributed by atoms with E-state index in [4.69, 9.17) is 0 Å². The number of amides is 1. The average Bonchev–Trinajstić information content (AvgIpc) is 3.02. The Morgan fingerprint density at radius 2 is 1.91 bits per heavy atom. The first kappa shape index (κ1) is 15.8. The Morgan fingerprint density at radius 3 is 2.45 bits per heavy atom. The van der Waals surface area contributed by atoms with Crippen LogP contribution in [0.5, 0.6) is 0 Å². The summed E-state index contributed by atoms with van der Waals surface area (Å²) in [5.74, 6) is 0.00361. The van der Waals surface area contributed by atoms with Gasteiger partial charge in [0, 0.05) is 19.1 Å².